The second-order valence-electron chi connectivity index (χ2n) is 11.6. The van der Waals surface area contributed by atoms with E-state index in [1.54, 1.807) is 0 Å². The van der Waals surface area contributed by atoms with E-state index in [-0.39, 0.29) is 11.3 Å². The Bertz CT molecular complexity index is 640. The Morgan fingerprint density at radius 1 is 1.07 bits per heavy atom. The minimum Gasteiger partial charge on any atom is -0.273 e. The highest BCUT2D eigenvalue weighted by atomic mass is 16.2. The summed E-state index contributed by atoms with van der Waals surface area (Å²) in [4.78, 5) is 12.2. The van der Waals surface area contributed by atoms with Gasteiger partial charge in [0.15, 0.2) is 0 Å². The molecule has 4 rings (SSSR count). The molecule has 0 unspecified atom stereocenters. The molecule has 158 valence electrons. The molecule has 3 nitrogen and oxygen atoms in total. The summed E-state index contributed by atoms with van der Waals surface area (Å²) in [6, 6.07) is 0. The molecule has 0 saturated heterocycles. The SMILES string of the molecule is CC(C)CCC[C@@H](C)[C@H]1CC[C@H]2[C@@H]3CCC4=NNC(=O)C[C@]4(C)[C@H]3CC[C@]12C. The molecule has 3 aliphatic carbocycles. The molecule has 0 bridgehead atoms. The van der Waals surface area contributed by atoms with Crippen molar-refractivity contribution in [2.24, 2.45) is 51.4 Å². The van der Waals surface area contributed by atoms with Gasteiger partial charge < -0.3 is 0 Å². The van der Waals surface area contributed by atoms with Gasteiger partial charge in [-0.25, -0.2) is 5.43 Å². The molecule has 1 amide bonds. The zero-order valence-corrected chi connectivity index (χ0v) is 18.9. The highest BCUT2D eigenvalue weighted by molar-refractivity contribution is 5.98. The third-order valence-electron chi connectivity index (χ3n) is 9.67. The molecular formula is C25H42N2O. The molecule has 1 N–H and O–H groups in total. The van der Waals surface area contributed by atoms with E-state index in [1.807, 2.05) is 0 Å². The highest BCUT2D eigenvalue weighted by Gasteiger charge is 2.60. The van der Waals surface area contributed by atoms with Crippen LogP contribution in [0, 0.1) is 46.3 Å². The molecule has 28 heavy (non-hydrogen) atoms. The van der Waals surface area contributed by atoms with Crippen LogP contribution in [0.15, 0.2) is 5.10 Å². The Labute approximate surface area is 172 Å². The predicted octanol–water partition coefficient (Wildman–Crippen LogP) is 6.18. The lowest BCUT2D eigenvalue weighted by Crippen LogP contribution is -2.55. The number of hydrogen-bond donors (Lipinski definition) is 1. The molecule has 3 saturated carbocycles. The van der Waals surface area contributed by atoms with Crippen LogP contribution in [0.3, 0.4) is 0 Å². The van der Waals surface area contributed by atoms with Gasteiger partial charge in [0.1, 0.15) is 0 Å². The van der Waals surface area contributed by atoms with E-state index in [9.17, 15) is 4.79 Å². The van der Waals surface area contributed by atoms with E-state index in [0.29, 0.717) is 17.8 Å². The first-order valence-electron chi connectivity index (χ1n) is 12.1. The van der Waals surface area contributed by atoms with Crippen LogP contribution in [-0.2, 0) is 4.79 Å². The molecule has 0 spiro atoms. The average Bonchev–Trinajstić information content (AvgIpc) is 2.98. The second kappa shape index (κ2) is 7.43. The van der Waals surface area contributed by atoms with Gasteiger partial charge in [-0.2, -0.15) is 5.10 Å². The van der Waals surface area contributed by atoms with Crippen LogP contribution in [0.25, 0.3) is 0 Å². The zero-order valence-electron chi connectivity index (χ0n) is 18.9. The third-order valence-corrected chi connectivity index (χ3v) is 9.67. The van der Waals surface area contributed by atoms with Gasteiger partial charge in [0.05, 0.1) is 0 Å². The third kappa shape index (κ3) is 3.25. The molecule has 0 aromatic rings. The zero-order chi connectivity index (χ0) is 20.1. The highest BCUT2D eigenvalue weighted by Crippen LogP contribution is 2.66. The molecule has 1 heterocycles. The molecular weight excluding hydrogens is 344 g/mol. The van der Waals surface area contributed by atoms with Gasteiger partial charge in [-0.15, -0.1) is 0 Å². The lowest BCUT2D eigenvalue weighted by atomic mass is 9.47. The van der Waals surface area contributed by atoms with E-state index in [4.69, 9.17) is 0 Å². The van der Waals surface area contributed by atoms with Gasteiger partial charge in [0, 0.05) is 17.5 Å². The van der Waals surface area contributed by atoms with E-state index < -0.39 is 0 Å². The van der Waals surface area contributed by atoms with Crippen LogP contribution in [0.2, 0.25) is 0 Å². The molecule has 0 aromatic carbocycles. The smallest absolute Gasteiger partial charge is 0.241 e. The maximum Gasteiger partial charge on any atom is 0.241 e. The number of hydrazone groups is 1. The van der Waals surface area contributed by atoms with Gasteiger partial charge in [-0.05, 0) is 79.4 Å². The van der Waals surface area contributed by atoms with Crippen molar-refractivity contribution in [3.63, 3.8) is 0 Å². The van der Waals surface area contributed by atoms with E-state index >= 15 is 0 Å². The summed E-state index contributed by atoms with van der Waals surface area (Å²) in [6.45, 7) is 12.2. The molecule has 0 aromatic heterocycles. The van der Waals surface area contributed by atoms with E-state index in [1.165, 1.54) is 57.1 Å². The Morgan fingerprint density at radius 2 is 1.86 bits per heavy atom. The van der Waals surface area contributed by atoms with E-state index in [0.717, 1.165) is 36.0 Å². The molecule has 0 radical (unpaired) electrons. The minimum absolute atomic E-state index is 0.0214. The normalized spacial score (nSPS) is 43.6. The van der Waals surface area contributed by atoms with E-state index in [2.05, 4.69) is 45.1 Å². The van der Waals surface area contributed by atoms with Crippen LogP contribution in [0.4, 0.5) is 0 Å². The summed E-state index contributed by atoms with van der Waals surface area (Å²) in [7, 11) is 0. The van der Waals surface area contributed by atoms with Crippen LogP contribution < -0.4 is 5.43 Å². The van der Waals surface area contributed by atoms with Crippen LogP contribution in [-0.4, -0.2) is 11.6 Å². The summed E-state index contributed by atoms with van der Waals surface area (Å²) in [5.74, 6) is 5.07. The fourth-order valence-corrected chi connectivity index (χ4v) is 8.23. The Balaban J connectivity index is 1.50. The van der Waals surface area contributed by atoms with Gasteiger partial charge in [0.25, 0.3) is 0 Å². The molecule has 4 aliphatic rings. The fraction of sp³-hybridized carbons (Fsp3) is 0.920. The standard InChI is InChI=1S/C25H42N2O/c1-16(2)7-6-8-17(3)19-10-11-20-18-9-12-22-25(5,15-23(28)27-26-22)21(18)13-14-24(19,20)4/h16-21H,6-15H2,1-5H3,(H,27,28)/t17-,18+,19-,20+,21+,24-,25-/m1/s1. The van der Waals surface area contributed by atoms with Crippen LogP contribution in [0.5, 0.6) is 0 Å². The molecule has 3 fully saturated rings. The van der Waals surface area contributed by atoms with Gasteiger partial charge in [-0.3, -0.25) is 4.79 Å². The van der Waals surface area contributed by atoms with Crippen molar-refractivity contribution < 1.29 is 4.79 Å². The maximum atomic E-state index is 12.2. The van der Waals surface area contributed by atoms with Crippen molar-refractivity contribution in [3.05, 3.63) is 0 Å². The average molecular weight is 387 g/mol. The van der Waals surface area contributed by atoms with Crippen molar-refractivity contribution in [1.29, 1.82) is 0 Å². The molecule has 1 aliphatic heterocycles. The Hall–Kier alpha value is -0.860. The van der Waals surface area contributed by atoms with Crippen LogP contribution >= 0.6 is 0 Å². The fourth-order valence-electron chi connectivity index (χ4n) is 8.23. The van der Waals surface area contributed by atoms with Crippen molar-refractivity contribution in [3.8, 4) is 0 Å². The monoisotopic (exact) mass is 386 g/mol. The largest absolute Gasteiger partial charge is 0.273 e. The summed E-state index contributed by atoms with van der Waals surface area (Å²) in [5, 5.41) is 4.51. The number of carbonyl (C=O) groups is 1. The molecule has 7 atom stereocenters. The summed E-state index contributed by atoms with van der Waals surface area (Å²) >= 11 is 0. The quantitative estimate of drug-likeness (QED) is 0.602. The maximum absolute atomic E-state index is 12.2. The van der Waals surface area contributed by atoms with Crippen LogP contribution in [0.1, 0.15) is 98.8 Å². The number of rotatable bonds is 5. The van der Waals surface area contributed by atoms with Crippen molar-refractivity contribution in [2.75, 3.05) is 0 Å². The topological polar surface area (TPSA) is 41.5 Å². The minimum atomic E-state index is 0.0214. The van der Waals surface area contributed by atoms with Crippen molar-refractivity contribution in [2.45, 2.75) is 98.8 Å². The first-order chi connectivity index (χ1) is 13.3. The number of fused-ring (bicyclic) bond motifs is 5. The summed E-state index contributed by atoms with van der Waals surface area (Å²) < 4.78 is 0. The molecule has 3 heteroatoms. The van der Waals surface area contributed by atoms with Gasteiger partial charge in [-0.1, -0.05) is 53.9 Å². The van der Waals surface area contributed by atoms with Crippen molar-refractivity contribution >= 4 is 11.6 Å². The second-order valence-corrected chi connectivity index (χ2v) is 11.6. The number of nitrogens with one attached hydrogen (secondary N) is 1. The lowest BCUT2D eigenvalue weighted by molar-refractivity contribution is -0.126. The van der Waals surface area contributed by atoms with Crippen molar-refractivity contribution in [1.82, 2.24) is 5.43 Å². The Kier molecular flexibility index (Phi) is 5.42. The summed E-state index contributed by atoms with van der Waals surface area (Å²) in [5.41, 5.74) is 4.59. The van der Waals surface area contributed by atoms with Gasteiger partial charge in [0.2, 0.25) is 5.91 Å². The number of hydrogen-bond acceptors (Lipinski definition) is 2. The predicted molar refractivity (Wildman–Crippen MR) is 116 cm³/mol. The Morgan fingerprint density at radius 3 is 2.61 bits per heavy atom. The number of amides is 1. The number of nitrogens with zero attached hydrogens (tertiary/aromatic N) is 1. The lowest BCUT2D eigenvalue weighted by Gasteiger charge is -2.57. The van der Waals surface area contributed by atoms with Gasteiger partial charge >= 0.3 is 0 Å². The summed E-state index contributed by atoms with van der Waals surface area (Å²) in [6.07, 6.45) is 12.8. The first-order valence-corrected chi connectivity index (χ1v) is 12.1. The first kappa shape index (κ1) is 20.4. The number of carbonyl (C=O) groups excluding carboxylic acids is 1.